The van der Waals surface area contributed by atoms with Gasteiger partial charge in [0.15, 0.2) is 11.6 Å². The average Bonchev–Trinajstić information content (AvgIpc) is 3.11. The van der Waals surface area contributed by atoms with Crippen molar-refractivity contribution in [3.05, 3.63) is 66.0 Å². The molecular weight excluding hydrogens is 361 g/mol. The molecule has 8 heteroatoms. The lowest BCUT2D eigenvalue weighted by Crippen LogP contribution is -2.29. The van der Waals surface area contributed by atoms with Gasteiger partial charge in [0.05, 0.1) is 42.6 Å². The maximum Gasteiger partial charge on any atom is 0.319 e. The molecular formula is C20H22FN5O2. The molecule has 0 aliphatic rings. The van der Waals surface area contributed by atoms with E-state index in [-0.39, 0.29) is 23.9 Å². The number of halogens is 1. The van der Waals surface area contributed by atoms with Crippen LogP contribution >= 0.6 is 0 Å². The SMILES string of the molecule is COc1ccnc(CNC(=O)Nc2cnn(-c3ccccc3)c2C(C)C)c1F. The number of aromatic nitrogens is 3. The first-order valence-electron chi connectivity index (χ1n) is 8.86. The minimum Gasteiger partial charge on any atom is -0.494 e. The van der Waals surface area contributed by atoms with E-state index >= 15 is 0 Å². The second-order valence-electron chi connectivity index (χ2n) is 6.43. The highest BCUT2D eigenvalue weighted by Gasteiger charge is 2.18. The Labute approximate surface area is 162 Å². The molecule has 0 spiro atoms. The summed E-state index contributed by atoms with van der Waals surface area (Å²) in [5.41, 5.74) is 2.46. The Morgan fingerprint density at radius 3 is 2.68 bits per heavy atom. The summed E-state index contributed by atoms with van der Waals surface area (Å²) in [6.45, 7) is 3.98. The Morgan fingerprint density at radius 2 is 2.00 bits per heavy atom. The smallest absolute Gasteiger partial charge is 0.319 e. The molecule has 0 atom stereocenters. The standard InChI is InChI=1S/C20H22FN5O2/c1-13(2)19-16(12-24-26(19)14-7-5-4-6-8-14)25-20(27)23-11-15-18(21)17(28-3)9-10-22-15/h4-10,12-13H,11H2,1-3H3,(H2,23,25,27). The maximum atomic E-state index is 14.1. The number of benzene rings is 1. The number of amides is 2. The van der Waals surface area contributed by atoms with E-state index < -0.39 is 11.8 Å². The predicted octanol–water partition coefficient (Wildman–Crippen LogP) is 3.86. The lowest BCUT2D eigenvalue weighted by molar-refractivity contribution is 0.251. The summed E-state index contributed by atoms with van der Waals surface area (Å²) in [5, 5.41) is 9.80. The maximum absolute atomic E-state index is 14.1. The first-order chi connectivity index (χ1) is 13.5. The van der Waals surface area contributed by atoms with Crippen LogP contribution < -0.4 is 15.4 Å². The van der Waals surface area contributed by atoms with Crippen LogP contribution in [0.15, 0.2) is 48.8 Å². The van der Waals surface area contributed by atoms with Crippen LogP contribution in [0.2, 0.25) is 0 Å². The Kier molecular flexibility index (Phi) is 5.88. The zero-order valence-electron chi connectivity index (χ0n) is 15.9. The van der Waals surface area contributed by atoms with Gasteiger partial charge in [-0.05, 0) is 18.1 Å². The molecule has 0 saturated heterocycles. The molecule has 7 nitrogen and oxygen atoms in total. The van der Waals surface area contributed by atoms with E-state index in [1.165, 1.54) is 19.4 Å². The van der Waals surface area contributed by atoms with E-state index in [4.69, 9.17) is 4.74 Å². The van der Waals surface area contributed by atoms with E-state index in [0.717, 1.165) is 11.4 Å². The van der Waals surface area contributed by atoms with Crippen LogP contribution in [0.25, 0.3) is 5.69 Å². The molecule has 2 amide bonds. The van der Waals surface area contributed by atoms with E-state index in [0.29, 0.717) is 5.69 Å². The second-order valence-corrected chi connectivity index (χ2v) is 6.43. The number of nitrogens with zero attached hydrogens (tertiary/aromatic N) is 3. The van der Waals surface area contributed by atoms with Gasteiger partial charge in [0.25, 0.3) is 0 Å². The molecule has 2 aromatic heterocycles. The van der Waals surface area contributed by atoms with Crippen LogP contribution in [0.5, 0.6) is 5.75 Å². The van der Waals surface area contributed by atoms with Crippen LogP contribution in [-0.4, -0.2) is 27.9 Å². The van der Waals surface area contributed by atoms with Crippen molar-refractivity contribution in [2.75, 3.05) is 12.4 Å². The van der Waals surface area contributed by atoms with Crippen LogP contribution in [0, 0.1) is 5.82 Å². The number of hydrogen-bond donors (Lipinski definition) is 2. The molecule has 1 aromatic carbocycles. The Morgan fingerprint density at radius 1 is 1.25 bits per heavy atom. The number of hydrogen-bond acceptors (Lipinski definition) is 4. The number of pyridine rings is 1. The molecule has 0 aliphatic heterocycles. The number of urea groups is 1. The zero-order valence-corrected chi connectivity index (χ0v) is 15.9. The fourth-order valence-electron chi connectivity index (χ4n) is 2.86. The summed E-state index contributed by atoms with van der Waals surface area (Å²) >= 11 is 0. The molecule has 28 heavy (non-hydrogen) atoms. The van der Waals surface area contributed by atoms with Gasteiger partial charge in [-0.2, -0.15) is 5.10 Å². The molecule has 3 aromatic rings. The highest BCUT2D eigenvalue weighted by atomic mass is 19.1. The molecule has 0 bridgehead atoms. The van der Waals surface area contributed by atoms with Gasteiger partial charge in [-0.3, -0.25) is 4.98 Å². The van der Waals surface area contributed by atoms with Crippen molar-refractivity contribution in [3.8, 4) is 11.4 Å². The molecule has 146 valence electrons. The number of rotatable bonds is 6. The third-order valence-electron chi connectivity index (χ3n) is 4.16. The molecule has 2 N–H and O–H groups in total. The summed E-state index contributed by atoms with van der Waals surface area (Å²) in [6, 6.07) is 10.6. The van der Waals surface area contributed by atoms with E-state index in [1.54, 1.807) is 10.9 Å². The van der Waals surface area contributed by atoms with Gasteiger partial charge in [0.2, 0.25) is 0 Å². The van der Waals surface area contributed by atoms with E-state index in [9.17, 15) is 9.18 Å². The Bertz CT molecular complexity index is 956. The third kappa shape index (κ3) is 4.11. The van der Waals surface area contributed by atoms with Crippen LogP contribution in [-0.2, 0) is 6.54 Å². The second kappa shape index (κ2) is 8.51. The molecule has 0 saturated carbocycles. The van der Waals surface area contributed by atoms with Crippen molar-refractivity contribution in [2.45, 2.75) is 26.3 Å². The number of ether oxygens (including phenoxy) is 1. The largest absolute Gasteiger partial charge is 0.494 e. The number of methoxy groups -OCH3 is 1. The minimum atomic E-state index is -0.593. The summed E-state index contributed by atoms with van der Waals surface area (Å²) in [5.74, 6) is -0.390. The summed E-state index contributed by atoms with van der Waals surface area (Å²) < 4.78 is 20.9. The van der Waals surface area contributed by atoms with Crippen LogP contribution in [0.1, 0.15) is 31.2 Å². The molecule has 0 unspecified atom stereocenters. The van der Waals surface area contributed by atoms with E-state index in [2.05, 4.69) is 20.7 Å². The van der Waals surface area contributed by atoms with Crippen molar-refractivity contribution >= 4 is 11.7 Å². The zero-order chi connectivity index (χ0) is 20.1. The molecule has 3 rings (SSSR count). The van der Waals surface area contributed by atoms with Gasteiger partial charge >= 0.3 is 6.03 Å². The fourth-order valence-corrected chi connectivity index (χ4v) is 2.86. The number of nitrogens with one attached hydrogen (secondary N) is 2. The monoisotopic (exact) mass is 383 g/mol. The lowest BCUT2D eigenvalue weighted by atomic mass is 10.1. The minimum absolute atomic E-state index is 0.0707. The Hall–Kier alpha value is -3.42. The molecule has 0 radical (unpaired) electrons. The lowest BCUT2D eigenvalue weighted by Gasteiger charge is -2.14. The summed E-state index contributed by atoms with van der Waals surface area (Å²) in [6.07, 6.45) is 3.03. The van der Waals surface area contributed by atoms with E-state index in [1.807, 2.05) is 44.2 Å². The van der Waals surface area contributed by atoms with Gasteiger partial charge in [0.1, 0.15) is 0 Å². The molecule has 0 fully saturated rings. The van der Waals surface area contributed by atoms with Gasteiger partial charge < -0.3 is 15.4 Å². The fraction of sp³-hybridized carbons (Fsp3) is 0.250. The van der Waals surface area contributed by atoms with Gasteiger partial charge in [-0.25, -0.2) is 13.9 Å². The van der Waals surface area contributed by atoms with Crippen molar-refractivity contribution in [1.82, 2.24) is 20.1 Å². The van der Waals surface area contributed by atoms with Crippen molar-refractivity contribution in [2.24, 2.45) is 0 Å². The normalized spacial score (nSPS) is 10.8. The average molecular weight is 383 g/mol. The Balaban J connectivity index is 1.73. The number of anilines is 1. The van der Waals surface area contributed by atoms with Gasteiger partial charge in [-0.1, -0.05) is 32.0 Å². The highest BCUT2D eigenvalue weighted by Crippen LogP contribution is 2.26. The highest BCUT2D eigenvalue weighted by molar-refractivity contribution is 5.89. The van der Waals surface area contributed by atoms with Crippen molar-refractivity contribution in [3.63, 3.8) is 0 Å². The summed E-state index contributed by atoms with van der Waals surface area (Å²) in [7, 11) is 1.38. The topological polar surface area (TPSA) is 81.1 Å². The third-order valence-corrected chi connectivity index (χ3v) is 4.16. The quantitative estimate of drug-likeness (QED) is 0.677. The first kappa shape index (κ1) is 19.3. The van der Waals surface area contributed by atoms with Crippen molar-refractivity contribution < 1.29 is 13.9 Å². The summed E-state index contributed by atoms with van der Waals surface area (Å²) in [4.78, 5) is 16.3. The number of carbonyl (C=O) groups is 1. The van der Waals surface area contributed by atoms with Crippen molar-refractivity contribution in [1.29, 1.82) is 0 Å². The number of para-hydroxylation sites is 1. The van der Waals surface area contributed by atoms with Crippen LogP contribution in [0.4, 0.5) is 14.9 Å². The predicted molar refractivity (Wildman–Crippen MR) is 104 cm³/mol. The molecule has 0 aliphatic carbocycles. The van der Waals surface area contributed by atoms with Gasteiger partial charge in [0, 0.05) is 12.3 Å². The van der Waals surface area contributed by atoms with Gasteiger partial charge in [-0.15, -0.1) is 0 Å². The van der Waals surface area contributed by atoms with Crippen LogP contribution in [0.3, 0.4) is 0 Å². The molecule has 2 heterocycles. The first-order valence-corrected chi connectivity index (χ1v) is 8.86. The number of carbonyl (C=O) groups excluding carboxylic acids is 1.